The van der Waals surface area contributed by atoms with Crippen molar-refractivity contribution in [2.75, 3.05) is 12.3 Å². The van der Waals surface area contributed by atoms with Crippen molar-refractivity contribution in [2.24, 2.45) is 14.1 Å². The van der Waals surface area contributed by atoms with Crippen molar-refractivity contribution in [3.8, 4) is 0 Å². The van der Waals surface area contributed by atoms with Gasteiger partial charge in [-0.05, 0) is 12.1 Å². The number of aryl methyl sites for hydroxylation is 2. The molecule has 6 heteroatoms. The minimum Gasteiger partial charge on any atom is -0.350 e. The number of hydrogen-bond acceptors (Lipinski definition) is 3. The molecule has 0 spiro atoms. The predicted octanol–water partition coefficient (Wildman–Crippen LogP) is 1.28. The first kappa shape index (κ1) is 12.8. The van der Waals surface area contributed by atoms with Gasteiger partial charge in [-0.2, -0.15) is 0 Å². The molecule has 96 valence electrons. The lowest BCUT2D eigenvalue weighted by Crippen LogP contribution is -2.27. The van der Waals surface area contributed by atoms with Crippen LogP contribution in [0.3, 0.4) is 0 Å². The Morgan fingerprint density at radius 1 is 1.39 bits per heavy atom. The molecule has 0 saturated carbocycles. The minimum absolute atomic E-state index is 0.0389. The fourth-order valence-electron chi connectivity index (χ4n) is 1.59. The molecule has 0 aromatic carbocycles. The van der Waals surface area contributed by atoms with Crippen molar-refractivity contribution in [1.29, 1.82) is 0 Å². The highest BCUT2D eigenvalue weighted by Gasteiger charge is 2.07. The average molecular weight is 264 g/mol. The standard InChI is InChI=1S/C12H16N4OS/c1-15-7-3-4-10(15)11(17)13-6-9-18-12-14-5-8-16(12)2/h3-5,7-8H,6,9H2,1-2H3,(H,13,17). The third-order valence-corrected chi connectivity index (χ3v) is 3.63. The molecule has 0 atom stereocenters. The lowest BCUT2D eigenvalue weighted by molar-refractivity contribution is 0.0948. The van der Waals surface area contributed by atoms with Crippen LogP contribution in [0.15, 0.2) is 35.9 Å². The molecule has 5 nitrogen and oxygen atoms in total. The van der Waals surface area contributed by atoms with Crippen molar-refractivity contribution in [3.05, 3.63) is 36.4 Å². The van der Waals surface area contributed by atoms with Gasteiger partial charge in [0.1, 0.15) is 5.69 Å². The second-order valence-corrected chi connectivity index (χ2v) is 4.99. The summed E-state index contributed by atoms with van der Waals surface area (Å²) < 4.78 is 3.77. The van der Waals surface area contributed by atoms with Crippen LogP contribution in [0.2, 0.25) is 0 Å². The first-order valence-corrected chi connectivity index (χ1v) is 6.66. The van der Waals surface area contributed by atoms with Crippen LogP contribution in [0, 0.1) is 0 Å². The molecule has 18 heavy (non-hydrogen) atoms. The fraction of sp³-hybridized carbons (Fsp3) is 0.333. The second kappa shape index (κ2) is 5.77. The first-order valence-electron chi connectivity index (χ1n) is 5.68. The van der Waals surface area contributed by atoms with Gasteiger partial charge in [0.15, 0.2) is 5.16 Å². The summed E-state index contributed by atoms with van der Waals surface area (Å²) in [5, 5.41) is 3.85. The Labute approximate surface area is 110 Å². The number of carbonyl (C=O) groups is 1. The Balaban J connectivity index is 1.75. The van der Waals surface area contributed by atoms with Gasteiger partial charge in [0.05, 0.1) is 0 Å². The quantitative estimate of drug-likeness (QED) is 0.654. The minimum atomic E-state index is -0.0389. The smallest absolute Gasteiger partial charge is 0.267 e. The molecule has 2 heterocycles. The summed E-state index contributed by atoms with van der Waals surface area (Å²) >= 11 is 1.63. The number of nitrogens with zero attached hydrogens (tertiary/aromatic N) is 3. The lowest BCUT2D eigenvalue weighted by Gasteiger charge is -2.06. The van der Waals surface area contributed by atoms with Gasteiger partial charge in [0, 0.05) is 45.0 Å². The predicted molar refractivity (Wildman–Crippen MR) is 71.7 cm³/mol. The largest absolute Gasteiger partial charge is 0.350 e. The van der Waals surface area contributed by atoms with E-state index in [-0.39, 0.29) is 5.91 Å². The summed E-state index contributed by atoms with van der Waals surface area (Å²) in [5.41, 5.74) is 0.678. The van der Waals surface area contributed by atoms with Gasteiger partial charge in [-0.15, -0.1) is 0 Å². The van der Waals surface area contributed by atoms with Crippen LogP contribution < -0.4 is 5.32 Å². The number of carbonyl (C=O) groups excluding carboxylic acids is 1. The summed E-state index contributed by atoms with van der Waals surface area (Å²) in [4.78, 5) is 16.0. The van der Waals surface area contributed by atoms with Gasteiger partial charge in [-0.25, -0.2) is 4.98 Å². The van der Waals surface area contributed by atoms with Crippen LogP contribution in [-0.4, -0.2) is 32.3 Å². The zero-order valence-corrected chi connectivity index (χ0v) is 11.3. The maximum atomic E-state index is 11.8. The maximum absolute atomic E-state index is 11.8. The van der Waals surface area contributed by atoms with E-state index >= 15 is 0 Å². The molecule has 1 amide bonds. The number of hydrogen-bond donors (Lipinski definition) is 1. The van der Waals surface area contributed by atoms with Crippen LogP contribution in [0.4, 0.5) is 0 Å². The van der Waals surface area contributed by atoms with E-state index in [4.69, 9.17) is 0 Å². The monoisotopic (exact) mass is 264 g/mol. The molecule has 0 aliphatic heterocycles. The van der Waals surface area contributed by atoms with Gasteiger partial charge in [-0.3, -0.25) is 4.79 Å². The lowest BCUT2D eigenvalue weighted by atomic mass is 10.4. The van der Waals surface area contributed by atoms with E-state index < -0.39 is 0 Å². The van der Waals surface area contributed by atoms with Crippen molar-refractivity contribution in [1.82, 2.24) is 19.4 Å². The molecular weight excluding hydrogens is 248 g/mol. The molecular formula is C12H16N4OS. The van der Waals surface area contributed by atoms with Gasteiger partial charge in [0.25, 0.3) is 5.91 Å². The van der Waals surface area contributed by atoms with Gasteiger partial charge < -0.3 is 14.5 Å². The zero-order chi connectivity index (χ0) is 13.0. The van der Waals surface area contributed by atoms with Crippen LogP contribution in [-0.2, 0) is 14.1 Å². The molecule has 2 aromatic rings. The number of amides is 1. The van der Waals surface area contributed by atoms with Crippen molar-refractivity contribution < 1.29 is 4.79 Å². The highest BCUT2D eigenvalue weighted by Crippen LogP contribution is 2.13. The van der Waals surface area contributed by atoms with Crippen molar-refractivity contribution in [2.45, 2.75) is 5.16 Å². The van der Waals surface area contributed by atoms with Crippen molar-refractivity contribution >= 4 is 17.7 Å². The Kier molecular flexibility index (Phi) is 4.09. The van der Waals surface area contributed by atoms with E-state index in [0.29, 0.717) is 12.2 Å². The molecule has 1 N–H and O–H groups in total. The molecule has 0 bridgehead atoms. The Bertz CT molecular complexity index is 532. The second-order valence-electron chi connectivity index (χ2n) is 3.93. The normalized spacial score (nSPS) is 10.6. The van der Waals surface area contributed by atoms with Crippen molar-refractivity contribution in [3.63, 3.8) is 0 Å². The first-order chi connectivity index (χ1) is 8.68. The summed E-state index contributed by atoms with van der Waals surface area (Å²) in [6.45, 7) is 0.627. The molecule has 0 aliphatic carbocycles. The highest BCUT2D eigenvalue weighted by molar-refractivity contribution is 7.99. The van der Waals surface area contributed by atoms with E-state index in [2.05, 4.69) is 10.3 Å². The zero-order valence-electron chi connectivity index (χ0n) is 10.5. The number of aromatic nitrogens is 3. The van der Waals surface area contributed by atoms with Crippen LogP contribution in [0.25, 0.3) is 0 Å². The molecule has 0 aliphatic rings. The van der Waals surface area contributed by atoms with Gasteiger partial charge in [-0.1, -0.05) is 11.8 Å². The molecule has 0 radical (unpaired) electrons. The van der Waals surface area contributed by atoms with Gasteiger partial charge in [0.2, 0.25) is 0 Å². The summed E-state index contributed by atoms with van der Waals surface area (Å²) in [6, 6.07) is 3.67. The average Bonchev–Trinajstić information content (AvgIpc) is 2.94. The van der Waals surface area contributed by atoms with E-state index in [1.807, 2.05) is 37.1 Å². The van der Waals surface area contributed by atoms with E-state index in [9.17, 15) is 4.79 Å². The van der Waals surface area contributed by atoms with E-state index in [1.165, 1.54) is 0 Å². The number of nitrogens with one attached hydrogen (secondary N) is 1. The molecule has 0 unspecified atom stereocenters. The van der Waals surface area contributed by atoms with Crippen LogP contribution in [0.5, 0.6) is 0 Å². The maximum Gasteiger partial charge on any atom is 0.267 e. The molecule has 2 rings (SSSR count). The van der Waals surface area contributed by atoms with Crippen LogP contribution in [0.1, 0.15) is 10.5 Å². The van der Waals surface area contributed by atoms with E-state index in [0.717, 1.165) is 10.9 Å². The third kappa shape index (κ3) is 2.95. The Morgan fingerprint density at radius 2 is 2.22 bits per heavy atom. The SMILES string of the molecule is Cn1cccc1C(=O)NCCSc1nccn1C. The fourth-order valence-corrected chi connectivity index (χ4v) is 2.37. The topological polar surface area (TPSA) is 51.9 Å². The van der Waals surface area contributed by atoms with E-state index in [1.54, 1.807) is 28.6 Å². The number of rotatable bonds is 5. The Hall–Kier alpha value is -1.69. The summed E-state index contributed by atoms with van der Waals surface area (Å²) in [5.74, 6) is 0.768. The number of thioether (sulfide) groups is 1. The Morgan fingerprint density at radius 3 is 2.83 bits per heavy atom. The van der Waals surface area contributed by atoms with Crippen LogP contribution >= 0.6 is 11.8 Å². The molecule has 0 fully saturated rings. The van der Waals surface area contributed by atoms with Gasteiger partial charge >= 0.3 is 0 Å². The highest BCUT2D eigenvalue weighted by atomic mass is 32.2. The summed E-state index contributed by atoms with van der Waals surface area (Å²) in [7, 11) is 3.81. The molecule has 2 aromatic heterocycles. The third-order valence-electron chi connectivity index (χ3n) is 2.57. The molecule has 0 saturated heterocycles. The summed E-state index contributed by atoms with van der Waals surface area (Å²) in [6.07, 6.45) is 5.54. The number of imidazole rings is 1.